The van der Waals surface area contributed by atoms with E-state index in [1.807, 2.05) is 13.0 Å². The molecule has 0 aliphatic carbocycles. The van der Waals surface area contributed by atoms with Crippen LogP contribution in [0.25, 0.3) is 0 Å². The van der Waals surface area contributed by atoms with Gasteiger partial charge in [0.25, 0.3) is 0 Å². The number of nitrogens with one attached hydrogen (secondary N) is 2. The molecule has 0 spiro atoms. The number of thiophene rings is 1. The monoisotopic (exact) mass is 409 g/mol. The third-order valence-corrected chi connectivity index (χ3v) is 6.36. The molecule has 2 atom stereocenters. The number of nitrogens with zero attached hydrogens (tertiary/aromatic N) is 3. The van der Waals surface area contributed by atoms with Crippen LogP contribution < -0.4 is 10.6 Å². The van der Waals surface area contributed by atoms with Crippen molar-refractivity contribution in [3.05, 3.63) is 22.4 Å². The van der Waals surface area contributed by atoms with Gasteiger partial charge in [0.2, 0.25) is 0 Å². The Balaban J connectivity index is 1.92. The van der Waals surface area contributed by atoms with Crippen molar-refractivity contribution in [1.82, 2.24) is 25.3 Å². The molecule has 2 amide bonds. The molecule has 0 bridgehead atoms. The zero-order valence-electron chi connectivity index (χ0n) is 17.6. The first-order chi connectivity index (χ1) is 13.5. The number of likely N-dealkylation sites (N-methyl/N-ethyl adjacent to an activating group) is 2. The fourth-order valence-corrected chi connectivity index (χ4v) is 4.57. The van der Waals surface area contributed by atoms with Crippen molar-refractivity contribution < 1.29 is 9.59 Å². The summed E-state index contributed by atoms with van der Waals surface area (Å²) in [6.45, 7) is 13.2. The highest BCUT2D eigenvalue weighted by Gasteiger charge is 2.31. The summed E-state index contributed by atoms with van der Waals surface area (Å²) < 4.78 is 0. The summed E-state index contributed by atoms with van der Waals surface area (Å²) in [5.74, 6) is -1.11. The third-order valence-electron chi connectivity index (χ3n) is 5.41. The SMILES string of the molecule is CCN(CC)CCNC(=O)C(=O)N[C@H](C)[C@@H](c1cccs1)N1CCN(C)CC1. The van der Waals surface area contributed by atoms with Gasteiger partial charge in [-0.2, -0.15) is 0 Å². The van der Waals surface area contributed by atoms with Crippen molar-refractivity contribution >= 4 is 23.2 Å². The van der Waals surface area contributed by atoms with E-state index in [9.17, 15) is 9.59 Å². The lowest BCUT2D eigenvalue weighted by molar-refractivity contribution is -0.139. The van der Waals surface area contributed by atoms with Gasteiger partial charge in [-0.05, 0) is 38.5 Å². The second kappa shape index (κ2) is 11.5. The second-order valence-electron chi connectivity index (χ2n) is 7.34. The third kappa shape index (κ3) is 6.55. The van der Waals surface area contributed by atoms with E-state index < -0.39 is 11.8 Å². The van der Waals surface area contributed by atoms with E-state index in [-0.39, 0.29) is 12.1 Å². The summed E-state index contributed by atoms with van der Waals surface area (Å²) in [6, 6.07) is 4.09. The predicted octanol–water partition coefficient (Wildman–Crippen LogP) is 0.999. The van der Waals surface area contributed by atoms with Crippen molar-refractivity contribution in [2.45, 2.75) is 32.9 Å². The Hall–Kier alpha value is -1.48. The molecule has 0 unspecified atom stereocenters. The van der Waals surface area contributed by atoms with Gasteiger partial charge in [-0.15, -0.1) is 11.3 Å². The molecular weight excluding hydrogens is 374 g/mol. The number of amides is 2. The van der Waals surface area contributed by atoms with Gasteiger partial charge in [0.05, 0.1) is 6.04 Å². The zero-order chi connectivity index (χ0) is 20.5. The molecule has 1 saturated heterocycles. The molecule has 2 heterocycles. The van der Waals surface area contributed by atoms with Gasteiger partial charge in [0, 0.05) is 50.2 Å². The minimum absolute atomic E-state index is 0.0844. The average molecular weight is 410 g/mol. The van der Waals surface area contributed by atoms with Gasteiger partial charge < -0.3 is 20.4 Å². The van der Waals surface area contributed by atoms with Crippen molar-refractivity contribution in [3.8, 4) is 0 Å². The van der Waals surface area contributed by atoms with E-state index in [0.717, 1.165) is 45.8 Å². The zero-order valence-corrected chi connectivity index (χ0v) is 18.4. The van der Waals surface area contributed by atoms with Crippen LogP contribution in [0.5, 0.6) is 0 Å². The molecule has 1 aliphatic heterocycles. The summed E-state index contributed by atoms with van der Waals surface area (Å²) in [6.07, 6.45) is 0. The van der Waals surface area contributed by atoms with E-state index in [4.69, 9.17) is 0 Å². The summed E-state index contributed by atoms with van der Waals surface area (Å²) in [5, 5.41) is 7.73. The summed E-state index contributed by atoms with van der Waals surface area (Å²) in [5.41, 5.74) is 0. The molecule has 1 aromatic rings. The number of piperazine rings is 1. The first-order valence-electron chi connectivity index (χ1n) is 10.2. The maximum Gasteiger partial charge on any atom is 0.309 e. The normalized spacial score (nSPS) is 18.0. The standard InChI is InChI=1S/C20H35N5O2S/c1-5-24(6-2)10-9-21-19(26)20(27)22-16(3)18(17-8-7-15-28-17)25-13-11-23(4)12-14-25/h7-8,15-16,18H,5-6,9-14H2,1-4H3,(H,21,26)(H,22,27)/t16-,18+/m1/s1. The van der Waals surface area contributed by atoms with E-state index in [1.165, 1.54) is 4.88 Å². The van der Waals surface area contributed by atoms with Gasteiger partial charge in [-0.3, -0.25) is 14.5 Å². The summed E-state index contributed by atoms with van der Waals surface area (Å²) >= 11 is 1.70. The van der Waals surface area contributed by atoms with Gasteiger partial charge in [0.1, 0.15) is 0 Å². The Morgan fingerprint density at radius 2 is 1.86 bits per heavy atom. The largest absolute Gasteiger partial charge is 0.347 e. The molecule has 1 fully saturated rings. The lowest BCUT2D eigenvalue weighted by Crippen LogP contribution is -2.53. The highest BCUT2D eigenvalue weighted by Crippen LogP contribution is 2.29. The maximum absolute atomic E-state index is 12.4. The number of hydrogen-bond donors (Lipinski definition) is 2. The van der Waals surface area contributed by atoms with Crippen molar-refractivity contribution in [1.29, 1.82) is 0 Å². The smallest absolute Gasteiger partial charge is 0.309 e. The van der Waals surface area contributed by atoms with Crippen LogP contribution in [-0.2, 0) is 9.59 Å². The van der Waals surface area contributed by atoms with Crippen LogP contribution in [0.15, 0.2) is 17.5 Å². The van der Waals surface area contributed by atoms with Gasteiger partial charge in [0.15, 0.2) is 0 Å². The average Bonchev–Trinajstić information content (AvgIpc) is 3.21. The minimum Gasteiger partial charge on any atom is -0.347 e. The fraction of sp³-hybridized carbons (Fsp3) is 0.700. The van der Waals surface area contributed by atoms with Gasteiger partial charge in [-0.1, -0.05) is 19.9 Å². The Kier molecular flexibility index (Phi) is 9.37. The molecule has 0 radical (unpaired) electrons. The fourth-order valence-electron chi connectivity index (χ4n) is 3.60. The first-order valence-corrected chi connectivity index (χ1v) is 11.1. The van der Waals surface area contributed by atoms with Gasteiger partial charge >= 0.3 is 11.8 Å². The van der Waals surface area contributed by atoms with E-state index >= 15 is 0 Å². The van der Waals surface area contributed by atoms with Crippen molar-refractivity contribution in [3.63, 3.8) is 0 Å². The maximum atomic E-state index is 12.4. The minimum atomic E-state index is -0.553. The van der Waals surface area contributed by atoms with E-state index in [1.54, 1.807) is 11.3 Å². The van der Waals surface area contributed by atoms with Crippen LogP contribution >= 0.6 is 11.3 Å². The van der Waals surface area contributed by atoms with Gasteiger partial charge in [-0.25, -0.2) is 0 Å². The second-order valence-corrected chi connectivity index (χ2v) is 8.32. The highest BCUT2D eigenvalue weighted by atomic mass is 32.1. The molecule has 8 heteroatoms. The Morgan fingerprint density at radius 3 is 2.43 bits per heavy atom. The quantitative estimate of drug-likeness (QED) is 0.596. The Bertz CT molecular complexity index is 598. The molecule has 158 valence electrons. The highest BCUT2D eigenvalue weighted by molar-refractivity contribution is 7.10. The van der Waals surface area contributed by atoms with Crippen LogP contribution in [0.1, 0.15) is 31.7 Å². The van der Waals surface area contributed by atoms with E-state index in [0.29, 0.717) is 6.54 Å². The number of carbonyl (C=O) groups is 2. The molecule has 0 saturated carbocycles. The molecule has 2 rings (SSSR count). The van der Waals surface area contributed by atoms with E-state index in [2.05, 4.69) is 57.7 Å². The van der Waals surface area contributed by atoms with Crippen LogP contribution in [0.4, 0.5) is 0 Å². The van der Waals surface area contributed by atoms with Crippen LogP contribution in [0, 0.1) is 0 Å². The lowest BCUT2D eigenvalue weighted by atomic mass is 10.0. The number of rotatable bonds is 9. The molecule has 0 aromatic carbocycles. The van der Waals surface area contributed by atoms with Crippen molar-refractivity contribution in [2.75, 3.05) is 59.4 Å². The number of hydrogen-bond acceptors (Lipinski definition) is 6. The van der Waals surface area contributed by atoms with Crippen molar-refractivity contribution in [2.24, 2.45) is 0 Å². The predicted molar refractivity (Wildman–Crippen MR) is 115 cm³/mol. The summed E-state index contributed by atoms with van der Waals surface area (Å²) in [4.78, 5) is 32.8. The summed E-state index contributed by atoms with van der Waals surface area (Å²) in [7, 11) is 2.13. The van der Waals surface area contributed by atoms with Crippen LogP contribution in [0.3, 0.4) is 0 Å². The Labute approximate surface area is 173 Å². The molecule has 7 nitrogen and oxygen atoms in total. The molecule has 28 heavy (non-hydrogen) atoms. The van der Waals surface area contributed by atoms with Crippen LogP contribution in [0.2, 0.25) is 0 Å². The molecular formula is C20H35N5O2S. The number of carbonyl (C=O) groups excluding carboxylic acids is 2. The Morgan fingerprint density at radius 1 is 1.18 bits per heavy atom. The molecule has 1 aromatic heterocycles. The topological polar surface area (TPSA) is 67.9 Å². The first kappa shape index (κ1) is 22.8. The molecule has 1 aliphatic rings. The van der Waals surface area contributed by atoms with Crippen LogP contribution in [-0.4, -0.2) is 92.0 Å². The lowest BCUT2D eigenvalue weighted by Gasteiger charge is -2.40. The molecule has 2 N–H and O–H groups in total.